The van der Waals surface area contributed by atoms with Gasteiger partial charge in [-0.05, 0) is 24.3 Å². The van der Waals surface area contributed by atoms with E-state index in [1.54, 1.807) is 6.21 Å². The number of fused-ring (bicyclic) bond motifs is 4. The molecule has 7 nitrogen and oxygen atoms in total. The molecule has 26 heavy (non-hydrogen) atoms. The fourth-order valence-corrected chi connectivity index (χ4v) is 3.31. The third kappa shape index (κ3) is 2.51. The van der Waals surface area contributed by atoms with Gasteiger partial charge in [0.15, 0.2) is 5.65 Å². The first-order valence-electron chi connectivity index (χ1n) is 7.95. The van der Waals surface area contributed by atoms with Crippen LogP contribution in [0, 0.1) is 0 Å². The van der Waals surface area contributed by atoms with Gasteiger partial charge in [0.05, 0.1) is 6.21 Å². The molecule has 0 spiro atoms. The van der Waals surface area contributed by atoms with Crippen molar-refractivity contribution in [2.45, 2.75) is 0 Å². The fourth-order valence-electron chi connectivity index (χ4n) is 2.95. The van der Waals surface area contributed by atoms with E-state index < -0.39 is 0 Å². The molecule has 0 bridgehead atoms. The number of aromatic amines is 2. The maximum Gasteiger partial charge on any atom is 0.265 e. The molecule has 5 aromatic rings. The summed E-state index contributed by atoms with van der Waals surface area (Å²) in [5.41, 5.74) is 7.24. The van der Waals surface area contributed by atoms with Crippen molar-refractivity contribution in [3.63, 3.8) is 0 Å². The summed E-state index contributed by atoms with van der Waals surface area (Å²) in [7, 11) is 0. The maximum absolute atomic E-state index is 4.45. The van der Waals surface area contributed by atoms with Crippen LogP contribution in [0.2, 0.25) is 0 Å². The normalized spacial score (nSPS) is 11.9. The lowest BCUT2D eigenvalue weighted by molar-refractivity contribution is 1.01. The highest BCUT2D eigenvalue weighted by Crippen LogP contribution is 2.25. The second-order valence-corrected chi connectivity index (χ2v) is 6.72. The third-order valence-electron chi connectivity index (χ3n) is 4.17. The van der Waals surface area contributed by atoms with Crippen LogP contribution in [0.5, 0.6) is 0 Å². The van der Waals surface area contributed by atoms with E-state index in [-0.39, 0.29) is 0 Å². The zero-order chi connectivity index (χ0) is 17.5. The number of anilines is 1. The van der Waals surface area contributed by atoms with Crippen molar-refractivity contribution in [1.29, 1.82) is 0 Å². The van der Waals surface area contributed by atoms with Gasteiger partial charge in [-0.15, -0.1) is 10.2 Å². The van der Waals surface area contributed by atoms with Crippen LogP contribution in [0.1, 0.15) is 5.56 Å². The van der Waals surface area contributed by atoms with E-state index in [2.05, 4.69) is 51.6 Å². The van der Waals surface area contributed by atoms with E-state index in [1.165, 1.54) is 0 Å². The highest BCUT2D eigenvalue weighted by Gasteiger charge is 2.09. The van der Waals surface area contributed by atoms with E-state index in [1.807, 2.05) is 48.7 Å². The number of rotatable bonds is 3. The first-order chi connectivity index (χ1) is 12.8. The molecule has 8 heteroatoms. The summed E-state index contributed by atoms with van der Waals surface area (Å²) in [6, 6.07) is 14.0. The van der Waals surface area contributed by atoms with Crippen molar-refractivity contribution < 1.29 is 0 Å². The minimum atomic E-state index is 0.333. The van der Waals surface area contributed by atoms with Crippen LogP contribution in [0.15, 0.2) is 58.2 Å². The number of hydrazone groups is 1. The Morgan fingerprint density at radius 2 is 1.96 bits per heavy atom. The predicted molar refractivity (Wildman–Crippen MR) is 106 cm³/mol. The first-order valence-corrected chi connectivity index (χ1v) is 8.74. The molecule has 0 saturated heterocycles. The smallest absolute Gasteiger partial charge is 0.265 e. The lowest BCUT2D eigenvalue weighted by atomic mass is 10.2. The number of hydrogen-bond donors (Lipinski definition) is 3. The number of aromatic nitrogens is 5. The molecule has 3 N–H and O–H groups in total. The van der Waals surface area contributed by atoms with Gasteiger partial charge in [0.25, 0.3) is 5.95 Å². The molecule has 0 unspecified atom stereocenters. The molecule has 0 atom stereocenters. The molecule has 0 aliphatic heterocycles. The van der Waals surface area contributed by atoms with Crippen LogP contribution >= 0.6 is 15.9 Å². The fraction of sp³-hybridized carbons (Fsp3) is 0. The van der Waals surface area contributed by atoms with Gasteiger partial charge in [-0.1, -0.05) is 34.1 Å². The van der Waals surface area contributed by atoms with Gasteiger partial charge in [0.2, 0.25) is 0 Å². The van der Waals surface area contributed by atoms with Gasteiger partial charge < -0.3 is 9.97 Å². The highest BCUT2D eigenvalue weighted by atomic mass is 79.9. The Kier molecular flexibility index (Phi) is 3.42. The summed E-state index contributed by atoms with van der Waals surface area (Å²) in [5.74, 6) is 0.333. The molecule has 2 aromatic carbocycles. The predicted octanol–water partition coefficient (Wildman–Crippen LogP) is 4.20. The molecular formula is C18H12BrN7. The van der Waals surface area contributed by atoms with Crippen molar-refractivity contribution in [3.05, 3.63) is 58.7 Å². The number of hydrogen-bond acceptors (Lipinski definition) is 5. The molecule has 0 fully saturated rings. The van der Waals surface area contributed by atoms with E-state index in [4.69, 9.17) is 0 Å². The SMILES string of the molecule is Brc1ccc2[nH]c3nc(N/N=C\c4c[nH]c5ccccc45)nnc3c2c1. The summed E-state index contributed by atoms with van der Waals surface area (Å²) in [6.07, 6.45) is 3.64. The lowest BCUT2D eigenvalue weighted by Crippen LogP contribution is -1.98. The van der Waals surface area contributed by atoms with Crippen molar-refractivity contribution in [2.24, 2.45) is 5.10 Å². The summed E-state index contributed by atoms with van der Waals surface area (Å²) < 4.78 is 0.984. The van der Waals surface area contributed by atoms with Crippen LogP contribution in [0.3, 0.4) is 0 Å². The molecule has 5 rings (SSSR count). The Bertz CT molecular complexity index is 1280. The highest BCUT2D eigenvalue weighted by molar-refractivity contribution is 9.10. The third-order valence-corrected chi connectivity index (χ3v) is 4.66. The Morgan fingerprint density at radius 1 is 1.04 bits per heavy atom. The summed E-state index contributed by atoms with van der Waals surface area (Å²) >= 11 is 3.47. The zero-order valence-electron chi connectivity index (χ0n) is 13.4. The molecule has 0 aliphatic rings. The zero-order valence-corrected chi connectivity index (χ0v) is 14.9. The summed E-state index contributed by atoms with van der Waals surface area (Å²) in [6.45, 7) is 0. The quantitative estimate of drug-likeness (QED) is 0.309. The number of benzene rings is 2. The van der Waals surface area contributed by atoms with E-state index in [9.17, 15) is 0 Å². The molecule has 0 saturated carbocycles. The van der Waals surface area contributed by atoms with Gasteiger partial charge in [-0.25, -0.2) is 5.43 Å². The van der Waals surface area contributed by atoms with Crippen molar-refractivity contribution in [2.75, 3.05) is 5.43 Å². The Morgan fingerprint density at radius 3 is 2.92 bits per heavy atom. The standard InChI is InChI=1S/C18H12BrN7/c19-11-5-6-15-13(7-11)16-17(22-15)23-18(26-24-16)25-21-9-10-8-20-14-4-2-1-3-12(10)14/h1-9,20H,(H2,22,23,25,26)/b21-9-. The van der Waals surface area contributed by atoms with Crippen molar-refractivity contribution in [1.82, 2.24) is 25.1 Å². The van der Waals surface area contributed by atoms with Gasteiger partial charge in [-0.3, -0.25) is 0 Å². The average molecular weight is 406 g/mol. The lowest BCUT2D eigenvalue weighted by Gasteiger charge is -1.97. The maximum atomic E-state index is 4.45. The van der Waals surface area contributed by atoms with Gasteiger partial charge in [-0.2, -0.15) is 10.1 Å². The molecule has 126 valence electrons. The second-order valence-electron chi connectivity index (χ2n) is 5.81. The number of nitrogens with one attached hydrogen (secondary N) is 3. The van der Waals surface area contributed by atoms with Gasteiger partial charge >= 0.3 is 0 Å². The van der Waals surface area contributed by atoms with E-state index in [0.717, 1.165) is 37.4 Å². The number of H-pyrrole nitrogens is 2. The Balaban J connectivity index is 1.45. The monoisotopic (exact) mass is 405 g/mol. The summed E-state index contributed by atoms with van der Waals surface area (Å²) in [4.78, 5) is 10.9. The molecule has 0 amide bonds. The van der Waals surface area contributed by atoms with Crippen molar-refractivity contribution in [3.8, 4) is 0 Å². The number of halogens is 1. The summed E-state index contributed by atoms with van der Waals surface area (Å²) in [5, 5.41) is 14.7. The Hall–Kier alpha value is -3.26. The Labute approximate surface area is 155 Å². The van der Waals surface area contributed by atoms with E-state index in [0.29, 0.717) is 11.6 Å². The topological polar surface area (TPSA) is 94.6 Å². The molecule has 0 radical (unpaired) electrons. The molecular weight excluding hydrogens is 394 g/mol. The van der Waals surface area contributed by atoms with Crippen LogP contribution in [0.4, 0.5) is 5.95 Å². The number of para-hydroxylation sites is 1. The second kappa shape index (κ2) is 5.92. The van der Waals surface area contributed by atoms with Crippen LogP contribution in [-0.2, 0) is 0 Å². The van der Waals surface area contributed by atoms with Gasteiger partial charge in [0.1, 0.15) is 5.52 Å². The van der Waals surface area contributed by atoms with Crippen LogP contribution in [0.25, 0.3) is 33.0 Å². The van der Waals surface area contributed by atoms with Crippen LogP contribution in [-0.4, -0.2) is 31.4 Å². The number of nitrogens with zero attached hydrogens (tertiary/aromatic N) is 4. The average Bonchev–Trinajstić information content (AvgIpc) is 3.23. The largest absolute Gasteiger partial charge is 0.361 e. The molecule has 3 aromatic heterocycles. The van der Waals surface area contributed by atoms with E-state index >= 15 is 0 Å². The van der Waals surface area contributed by atoms with Crippen LogP contribution < -0.4 is 5.43 Å². The minimum absolute atomic E-state index is 0.333. The first kappa shape index (κ1) is 15.0. The van der Waals surface area contributed by atoms with Gasteiger partial charge in [0, 0.05) is 38.0 Å². The molecule has 0 aliphatic carbocycles. The minimum Gasteiger partial charge on any atom is -0.361 e. The molecule has 3 heterocycles. The van der Waals surface area contributed by atoms with Crippen molar-refractivity contribution >= 4 is 61.1 Å².